The van der Waals surface area contributed by atoms with Crippen LogP contribution in [-0.4, -0.2) is 41.5 Å². The number of amidine groups is 1. The van der Waals surface area contributed by atoms with Gasteiger partial charge in [-0.25, -0.2) is 11.4 Å². The van der Waals surface area contributed by atoms with E-state index >= 15 is 0 Å². The molecule has 0 amide bonds. The van der Waals surface area contributed by atoms with Crippen molar-refractivity contribution >= 4 is 28.6 Å². The van der Waals surface area contributed by atoms with Crippen LogP contribution >= 0.6 is 11.9 Å². The van der Waals surface area contributed by atoms with Crippen LogP contribution in [0.2, 0.25) is 0 Å². The first-order valence-corrected chi connectivity index (χ1v) is 12.5. The van der Waals surface area contributed by atoms with Gasteiger partial charge >= 0.3 is 0 Å². The van der Waals surface area contributed by atoms with E-state index in [0.717, 1.165) is 62.1 Å². The van der Waals surface area contributed by atoms with Crippen LogP contribution in [0.15, 0.2) is 51.3 Å². The molecule has 9 N–H and O–H groups in total. The molecule has 0 saturated carbocycles. The van der Waals surface area contributed by atoms with Crippen LogP contribution < -0.4 is 32.9 Å². The smallest absolute Gasteiger partial charge is 0.153 e. The number of piperidine rings is 1. The van der Waals surface area contributed by atoms with Gasteiger partial charge in [-0.1, -0.05) is 30.3 Å². The van der Waals surface area contributed by atoms with Crippen molar-refractivity contribution < 1.29 is 4.21 Å². The minimum atomic E-state index is -1.19. The number of rotatable bonds is 7. The van der Waals surface area contributed by atoms with Gasteiger partial charge in [0.2, 0.25) is 0 Å². The van der Waals surface area contributed by atoms with Crippen molar-refractivity contribution in [1.29, 1.82) is 0 Å². The molecule has 2 aromatic rings. The maximum absolute atomic E-state index is 13.1. The maximum atomic E-state index is 13.1. The summed E-state index contributed by atoms with van der Waals surface area (Å²) < 4.78 is 13.1. The van der Waals surface area contributed by atoms with Crippen LogP contribution in [0.5, 0.6) is 0 Å². The van der Waals surface area contributed by atoms with E-state index in [1.807, 2.05) is 12.1 Å². The van der Waals surface area contributed by atoms with Gasteiger partial charge in [0.05, 0.1) is 25.8 Å². The molecule has 1 unspecified atom stereocenters. The van der Waals surface area contributed by atoms with Crippen molar-refractivity contribution in [2.45, 2.75) is 33.8 Å². The summed E-state index contributed by atoms with van der Waals surface area (Å²) in [4.78, 5) is 1.35. The molecule has 0 aromatic heterocycles. The fourth-order valence-electron chi connectivity index (χ4n) is 4.14. The first-order chi connectivity index (χ1) is 15.1. The van der Waals surface area contributed by atoms with E-state index in [1.165, 1.54) is 5.56 Å². The fourth-order valence-corrected chi connectivity index (χ4v) is 6.43. The second-order valence-corrected chi connectivity index (χ2v) is 10.1. The molecule has 2 aromatic carbocycles. The van der Waals surface area contributed by atoms with E-state index in [4.69, 9.17) is 16.7 Å². The highest BCUT2D eigenvalue weighted by molar-refractivity contribution is 7.98. The van der Waals surface area contributed by atoms with Gasteiger partial charge in [0.1, 0.15) is 0 Å². The highest BCUT2D eigenvalue weighted by Gasteiger charge is 2.29. The summed E-state index contributed by atoms with van der Waals surface area (Å²) in [7, 11) is -1.19. The first-order valence-electron chi connectivity index (χ1n) is 10.4. The van der Waals surface area contributed by atoms with Gasteiger partial charge in [-0.15, -0.1) is 5.10 Å². The largest absolute Gasteiger partial charge is 0.382 e. The second kappa shape index (κ2) is 10.1. The molecule has 1 atom stereocenters. The van der Waals surface area contributed by atoms with Crippen LogP contribution in [0.1, 0.15) is 29.9 Å². The molecule has 0 spiro atoms. The Labute approximate surface area is 189 Å². The lowest BCUT2D eigenvalue weighted by Gasteiger charge is -2.27. The Hall–Kier alpha value is -1.95. The fraction of sp³-hybridized carbons (Fsp3) is 0.381. The van der Waals surface area contributed by atoms with Crippen LogP contribution in [0, 0.1) is 0 Å². The first kappa shape index (κ1) is 22.3. The normalized spacial score (nSPS) is 19.1. The molecule has 2 heterocycles. The van der Waals surface area contributed by atoms with Crippen molar-refractivity contribution in [2.75, 3.05) is 26.2 Å². The monoisotopic (exact) mass is 459 g/mol. The standard InChI is InChI=1S/C21H29N7OS2/c22-21(27-28-23)19-17(5-6-18(20(19)30-24)31(29)16-11-26-12-16)15-3-1-13(2-4-15)14-7-9-25-10-8-14/h1-6,14,16,25-26,28H,7-12,23-24H2,(H2,22,27). The second-order valence-electron chi connectivity index (χ2n) is 7.78. The van der Waals surface area contributed by atoms with Crippen molar-refractivity contribution in [2.24, 2.45) is 21.8 Å². The third-order valence-electron chi connectivity index (χ3n) is 5.98. The maximum Gasteiger partial charge on any atom is 0.153 e. The predicted octanol–water partition coefficient (Wildman–Crippen LogP) is 0.949. The van der Waals surface area contributed by atoms with Crippen LogP contribution in [0.3, 0.4) is 0 Å². The Kier molecular flexibility index (Phi) is 7.26. The van der Waals surface area contributed by atoms with Crippen LogP contribution in [-0.2, 0) is 10.8 Å². The molecule has 31 heavy (non-hydrogen) atoms. The zero-order chi connectivity index (χ0) is 21.8. The van der Waals surface area contributed by atoms with E-state index in [9.17, 15) is 4.21 Å². The Bertz CT molecular complexity index is 970. The van der Waals surface area contributed by atoms with Gasteiger partial charge in [-0.05, 0) is 66.6 Å². The Morgan fingerprint density at radius 3 is 2.39 bits per heavy atom. The summed E-state index contributed by atoms with van der Waals surface area (Å²) in [6.07, 6.45) is 2.30. The molecule has 0 aliphatic carbocycles. The van der Waals surface area contributed by atoms with Crippen molar-refractivity contribution in [3.05, 3.63) is 47.5 Å². The Morgan fingerprint density at radius 1 is 1.10 bits per heavy atom. The lowest BCUT2D eigenvalue weighted by molar-refractivity contribution is 0.460. The minimum Gasteiger partial charge on any atom is -0.382 e. The molecule has 0 bridgehead atoms. The van der Waals surface area contributed by atoms with E-state index in [1.54, 1.807) is 0 Å². The number of nitrogens with zero attached hydrogens (tertiary/aromatic N) is 1. The third kappa shape index (κ3) is 4.64. The number of nitrogens with one attached hydrogen (secondary N) is 3. The zero-order valence-electron chi connectivity index (χ0n) is 17.3. The number of hydrazone groups is 1. The molecule has 2 saturated heterocycles. The van der Waals surface area contributed by atoms with E-state index in [0.29, 0.717) is 21.3 Å². The minimum absolute atomic E-state index is 0.0691. The summed E-state index contributed by atoms with van der Waals surface area (Å²) in [5.74, 6) is 6.19. The number of hydrogen-bond acceptors (Lipinski definition) is 8. The summed E-state index contributed by atoms with van der Waals surface area (Å²) in [6.45, 7) is 3.57. The highest BCUT2D eigenvalue weighted by atomic mass is 32.2. The molecular weight excluding hydrogens is 430 g/mol. The molecule has 10 heteroatoms. The van der Waals surface area contributed by atoms with Crippen LogP contribution in [0.25, 0.3) is 11.1 Å². The van der Waals surface area contributed by atoms with Gasteiger partial charge in [0, 0.05) is 18.7 Å². The Balaban J connectivity index is 1.75. The predicted molar refractivity (Wildman–Crippen MR) is 128 cm³/mol. The molecule has 8 nitrogen and oxygen atoms in total. The SMILES string of the molecule is NN/N=C(\N)c1c(-c2ccc(C3CCNCC3)cc2)ccc(S(=O)C2CNC2)c1SN. The molecular formula is C21H29N7OS2. The van der Waals surface area contributed by atoms with E-state index in [2.05, 4.69) is 45.5 Å². The summed E-state index contributed by atoms with van der Waals surface area (Å²) >= 11 is 1.04. The molecule has 0 radical (unpaired) electrons. The van der Waals surface area contributed by atoms with Gasteiger partial charge in [-0.3, -0.25) is 9.35 Å². The number of hydrazine groups is 1. The van der Waals surface area contributed by atoms with Crippen LogP contribution in [0.4, 0.5) is 0 Å². The summed E-state index contributed by atoms with van der Waals surface area (Å²) in [5.41, 5.74) is 12.4. The highest BCUT2D eigenvalue weighted by Crippen LogP contribution is 2.36. The van der Waals surface area contributed by atoms with Gasteiger partial charge in [0.25, 0.3) is 0 Å². The number of nitrogens with two attached hydrogens (primary N) is 3. The number of hydrogen-bond donors (Lipinski definition) is 6. The van der Waals surface area contributed by atoms with Gasteiger partial charge in [-0.2, -0.15) is 0 Å². The molecule has 4 rings (SSSR count). The zero-order valence-corrected chi connectivity index (χ0v) is 18.9. The van der Waals surface area contributed by atoms with Crippen molar-refractivity contribution in [1.82, 2.24) is 16.2 Å². The quantitative estimate of drug-likeness (QED) is 0.118. The molecule has 2 aliphatic heterocycles. The topological polar surface area (TPSA) is 144 Å². The number of benzene rings is 2. The van der Waals surface area contributed by atoms with Crippen molar-refractivity contribution in [3.63, 3.8) is 0 Å². The van der Waals surface area contributed by atoms with Gasteiger partial charge < -0.3 is 16.4 Å². The van der Waals surface area contributed by atoms with E-state index < -0.39 is 10.8 Å². The lowest BCUT2D eigenvalue weighted by atomic mass is 9.88. The average molecular weight is 460 g/mol. The summed E-state index contributed by atoms with van der Waals surface area (Å²) in [5, 5.41) is 16.7. The van der Waals surface area contributed by atoms with Crippen molar-refractivity contribution in [3.8, 4) is 11.1 Å². The van der Waals surface area contributed by atoms with E-state index in [-0.39, 0.29) is 11.1 Å². The molecule has 2 aliphatic rings. The molecule has 2 fully saturated rings. The Morgan fingerprint density at radius 2 is 1.81 bits per heavy atom. The third-order valence-corrected chi connectivity index (χ3v) is 8.48. The lowest BCUT2D eigenvalue weighted by Crippen LogP contribution is -2.49. The summed E-state index contributed by atoms with van der Waals surface area (Å²) in [6, 6.07) is 12.4. The average Bonchev–Trinajstić information content (AvgIpc) is 2.77. The van der Waals surface area contributed by atoms with Gasteiger partial charge in [0.15, 0.2) is 5.84 Å². The molecule has 166 valence electrons.